The van der Waals surface area contributed by atoms with E-state index >= 15 is 0 Å². The molecule has 0 spiro atoms. The van der Waals surface area contributed by atoms with Crippen LogP contribution in [0.2, 0.25) is 0 Å². The molecule has 4 heteroatoms. The summed E-state index contributed by atoms with van der Waals surface area (Å²) in [5.41, 5.74) is 6.12. The molecular weight excluding hydrogens is 250 g/mol. The largest absolute Gasteiger partial charge is 0.337 e. The minimum atomic E-state index is -0.359. The Labute approximate surface area is 121 Å². The van der Waals surface area contributed by atoms with Crippen molar-refractivity contribution in [2.24, 2.45) is 11.7 Å². The number of rotatable bonds is 3. The van der Waals surface area contributed by atoms with Gasteiger partial charge in [-0.1, -0.05) is 50.6 Å². The summed E-state index contributed by atoms with van der Waals surface area (Å²) in [7, 11) is 0. The van der Waals surface area contributed by atoms with Crippen molar-refractivity contribution in [3.05, 3.63) is 11.7 Å². The van der Waals surface area contributed by atoms with Gasteiger partial charge in [0.15, 0.2) is 5.82 Å². The highest BCUT2D eigenvalue weighted by atomic mass is 16.5. The van der Waals surface area contributed by atoms with Crippen LogP contribution >= 0.6 is 0 Å². The maximum Gasteiger partial charge on any atom is 0.246 e. The molecular formula is C16H27N3O. The van der Waals surface area contributed by atoms with Crippen molar-refractivity contribution in [3.63, 3.8) is 0 Å². The molecule has 2 N–H and O–H groups in total. The number of hydrogen-bond acceptors (Lipinski definition) is 4. The summed E-state index contributed by atoms with van der Waals surface area (Å²) in [6.45, 7) is 2.28. The highest BCUT2D eigenvalue weighted by Gasteiger charge is 2.36. The van der Waals surface area contributed by atoms with Crippen molar-refractivity contribution in [1.29, 1.82) is 0 Å². The van der Waals surface area contributed by atoms with E-state index < -0.39 is 0 Å². The second-order valence-electron chi connectivity index (χ2n) is 6.81. The van der Waals surface area contributed by atoms with Crippen LogP contribution in [0.4, 0.5) is 0 Å². The van der Waals surface area contributed by atoms with Gasteiger partial charge in [-0.3, -0.25) is 0 Å². The molecule has 2 aliphatic rings. The summed E-state index contributed by atoms with van der Waals surface area (Å²) in [4.78, 5) is 4.70. The van der Waals surface area contributed by atoms with Crippen LogP contribution in [0.3, 0.4) is 0 Å². The van der Waals surface area contributed by atoms with Gasteiger partial charge in [-0.2, -0.15) is 4.98 Å². The molecule has 0 saturated heterocycles. The van der Waals surface area contributed by atoms with Crippen LogP contribution in [-0.2, 0) is 5.54 Å². The van der Waals surface area contributed by atoms with Gasteiger partial charge in [0, 0.05) is 5.92 Å². The van der Waals surface area contributed by atoms with E-state index in [0.29, 0.717) is 11.8 Å². The fraction of sp³-hybridized carbons (Fsp3) is 0.875. The van der Waals surface area contributed by atoms with Crippen molar-refractivity contribution in [1.82, 2.24) is 10.1 Å². The topological polar surface area (TPSA) is 64.9 Å². The maximum atomic E-state index is 6.48. The lowest BCUT2D eigenvalue weighted by Gasteiger charge is -2.29. The molecule has 0 aromatic carbocycles. The third kappa shape index (κ3) is 2.76. The summed E-state index contributed by atoms with van der Waals surface area (Å²) >= 11 is 0. The molecule has 0 radical (unpaired) electrons. The van der Waals surface area contributed by atoms with Crippen molar-refractivity contribution in [2.45, 2.75) is 82.6 Å². The zero-order chi connectivity index (χ0) is 14.0. The second kappa shape index (κ2) is 5.84. The first-order valence-corrected chi connectivity index (χ1v) is 8.34. The van der Waals surface area contributed by atoms with Crippen LogP contribution in [0, 0.1) is 5.92 Å². The van der Waals surface area contributed by atoms with Crippen molar-refractivity contribution >= 4 is 0 Å². The molecule has 1 aromatic heterocycles. The van der Waals surface area contributed by atoms with Gasteiger partial charge >= 0.3 is 0 Å². The summed E-state index contributed by atoms with van der Waals surface area (Å²) in [5.74, 6) is 2.91. The molecule has 3 rings (SSSR count). The fourth-order valence-corrected chi connectivity index (χ4v) is 3.90. The van der Waals surface area contributed by atoms with Gasteiger partial charge in [-0.05, 0) is 31.6 Å². The smallest absolute Gasteiger partial charge is 0.246 e. The van der Waals surface area contributed by atoms with Gasteiger partial charge in [-0.15, -0.1) is 0 Å². The molecule has 2 atom stereocenters. The van der Waals surface area contributed by atoms with E-state index in [-0.39, 0.29) is 5.54 Å². The average molecular weight is 277 g/mol. The Bertz CT molecular complexity index is 437. The number of nitrogens with two attached hydrogens (primary N) is 1. The predicted octanol–water partition coefficient (Wildman–Crippen LogP) is 3.87. The van der Waals surface area contributed by atoms with E-state index in [1.807, 2.05) is 0 Å². The number of hydrogen-bond donors (Lipinski definition) is 1. The molecule has 2 aliphatic carbocycles. The molecule has 2 saturated carbocycles. The third-order valence-corrected chi connectivity index (χ3v) is 5.34. The maximum absolute atomic E-state index is 6.48. The van der Waals surface area contributed by atoms with E-state index in [1.165, 1.54) is 51.4 Å². The number of nitrogens with zero attached hydrogens (tertiary/aromatic N) is 2. The second-order valence-corrected chi connectivity index (χ2v) is 6.81. The van der Waals surface area contributed by atoms with Crippen molar-refractivity contribution in [3.8, 4) is 0 Å². The molecule has 2 unspecified atom stereocenters. The van der Waals surface area contributed by atoms with Crippen LogP contribution in [0.1, 0.15) is 88.8 Å². The van der Waals surface area contributed by atoms with E-state index in [9.17, 15) is 0 Å². The average Bonchev–Trinajstić information content (AvgIpc) is 2.99. The van der Waals surface area contributed by atoms with Gasteiger partial charge in [0.1, 0.15) is 0 Å². The first kappa shape index (κ1) is 14.1. The Morgan fingerprint density at radius 2 is 2.00 bits per heavy atom. The minimum Gasteiger partial charge on any atom is -0.337 e. The number of aromatic nitrogens is 2. The Hall–Kier alpha value is -0.900. The molecule has 1 aromatic rings. The SMILES string of the molecule is CCC1CCCC(c2noc(C3(N)CCCCC3)n2)C1. The lowest BCUT2D eigenvalue weighted by atomic mass is 9.79. The monoisotopic (exact) mass is 277 g/mol. The van der Waals surface area contributed by atoms with Crippen LogP contribution in [0.15, 0.2) is 4.52 Å². The molecule has 4 nitrogen and oxygen atoms in total. The van der Waals surface area contributed by atoms with Crippen molar-refractivity contribution < 1.29 is 4.52 Å². The Kier molecular flexibility index (Phi) is 4.11. The molecule has 1 heterocycles. The first-order chi connectivity index (χ1) is 9.71. The van der Waals surface area contributed by atoms with E-state index in [1.54, 1.807) is 0 Å². The summed E-state index contributed by atoms with van der Waals surface area (Å²) < 4.78 is 5.54. The lowest BCUT2D eigenvalue weighted by Crippen LogP contribution is -2.39. The Morgan fingerprint density at radius 1 is 1.20 bits per heavy atom. The zero-order valence-electron chi connectivity index (χ0n) is 12.6. The van der Waals surface area contributed by atoms with Crippen LogP contribution in [-0.4, -0.2) is 10.1 Å². The molecule has 0 amide bonds. The molecule has 20 heavy (non-hydrogen) atoms. The van der Waals surface area contributed by atoms with Gasteiger partial charge < -0.3 is 10.3 Å². The highest BCUT2D eigenvalue weighted by molar-refractivity contribution is 5.06. The van der Waals surface area contributed by atoms with Gasteiger partial charge in [0.2, 0.25) is 5.89 Å². The van der Waals surface area contributed by atoms with Gasteiger partial charge in [-0.25, -0.2) is 0 Å². The van der Waals surface area contributed by atoms with E-state index in [4.69, 9.17) is 15.2 Å². The zero-order valence-corrected chi connectivity index (χ0v) is 12.6. The molecule has 0 aliphatic heterocycles. The quantitative estimate of drug-likeness (QED) is 0.910. The minimum absolute atomic E-state index is 0.359. The molecule has 2 fully saturated rings. The van der Waals surface area contributed by atoms with E-state index in [0.717, 1.165) is 24.6 Å². The van der Waals surface area contributed by atoms with Crippen LogP contribution < -0.4 is 5.73 Å². The molecule has 0 bridgehead atoms. The summed E-state index contributed by atoms with van der Waals surface area (Å²) in [5, 5.41) is 4.26. The van der Waals surface area contributed by atoms with Crippen LogP contribution in [0.25, 0.3) is 0 Å². The normalized spacial score (nSPS) is 30.3. The summed E-state index contributed by atoms with van der Waals surface area (Å²) in [6.07, 6.45) is 11.9. The van der Waals surface area contributed by atoms with Crippen molar-refractivity contribution in [2.75, 3.05) is 0 Å². The Morgan fingerprint density at radius 3 is 2.75 bits per heavy atom. The van der Waals surface area contributed by atoms with Crippen LogP contribution in [0.5, 0.6) is 0 Å². The predicted molar refractivity (Wildman–Crippen MR) is 78.2 cm³/mol. The fourth-order valence-electron chi connectivity index (χ4n) is 3.90. The summed E-state index contributed by atoms with van der Waals surface area (Å²) in [6, 6.07) is 0. The third-order valence-electron chi connectivity index (χ3n) is 5.34. The van der Waals surface area contributed by atoms with Gasteiger partial charge in [0.05, 0.1) is 5.54 Å². The standard InChI is InChI=1S/C16H27N3O/c1-2-12-7-6-8-13(11-12)14-18-15(20-19-14)16(17)9-4-3-5-10-16/h12-13H,2-11,17H2,1H3. The van der Waals surface area contributed by atoms with Gasteiger partial charge in [0.25, 0.3) is 0 Å². The first-order valence-electron chi connectivity index (χ1n) is 8.34. The lowest BCUT2D eigenvalue weighted by molar-refractivity contribution is 0.218. The molecule has 112 valence electrons. The highest BCUT2D eigenvalue weighted by Crippen LogP contribution is 2.38. The van der Waals surface area contributed by atoms with E-state index in [2.05, 4.69) is 12.1 Å². The Balaban J connectivity index is 1.73.